The van der Waals surface area contributed by atoms with Crippen molar-refractivity contribution >= 4 is 40.1 Å². The van der Waals surface area contributed by atoms with Crippen molar-refractivity contribution in [2.24, 2.45) is 0 Å². The largest absolute Gasteiger partial charge is 0.493 e. The first-order chi connectivity index (χ1) is 16.5. The van der Waals surface area contributed by atoms with Crippen molar-refractivity contribution in [2.45, 2.75) is 20.4 Å². The van der Waals surface area contributed by atoms with Crippen LogP contribution in [-0.4, -0.2) is 60.4 Å². The van der Waals surface area contributed by atoms with Gasteiger partial charge in [-0.2, -0.15) is 0 Å². The molecule has 1 aliphatic rings. The zero-order valence-corrected chi connectivity index (χ0v) is 21.0. The van der Waals surface area contributed by atoms with Gasteiger partial charge in [0.05, 0.1) is 19.7 Å². The molecule has 1 fully saturated rings. The van der Waals surface area contributed by atoms with Gasteiger partial charge in [-0.15, -0.1) is 0 Å². The summed E-state index contributed by atoms with van der Waals surface area (Å²) in [6, 6.07) is 12.4. The molecule has 2 heterocycles. The Balaban J connectivity index is 1.37. The summed E-state index contributed by atoms with van der Waals surface area (Å²) in [4.78, 5) is 13.5. The quantitative estimate of drug-likeness (QED) is 0.528. The minimum absolute atomic E-state index is 0.660. The molecule has 4 rings (SSSR count). The molecule has 178 valence electrons. The van der Waals surface area contributed by atoms with Crippen LogP contribution in [0.2, 0.25) is 0 Å². The van der Waals surface area contributed by atoms with Gasteiger partial charge in [-0.25, -0.2) is 9.97 Å². The number of allylic oxidation sites excluding steroid dienone is 1. The van der Waals surface area contributed by atoms with Gasteiger partial charge >= 0.3 is 0 Å². The third kappa shape index (κ3) is 5.39. The predicted molar refractivity (Wildman–Crippen MR) is 142 cm³/mol. The topological polar surface area (TPSA) is 62.8 Å². The summed E-state index contributed by atoms with van der Waals surface area (Å²) in [7, 11) is 3.26. The molecule has 0 unspecified atom stereocenters. The van der Waals surface area contributed by atoms with E-state index in [4.69, 9.17) is 21.7 Å². The Hall–Kier alpha value is -3.39. The van der Waals surface area contributed by atoms with E-state index in [0.29, 0.717) is 18.0 Å². The molecule has 0 aliphatic carbocycles. The van der Waals surface area contributed by atoms with Crippen LogP contribution in [0.4, 0.5) is 5.82 Å². The number of nitrogens with zero attached hydrogens (tertiary/aromatic N) is 4. The third-order valence-corrected chi connectivity index (χ3v) is 6.27. The fourth-order valence-corrected chi connectivity index (χ4v) is 4.35. The number of hydrogen-bond acceptors (Lipinski definition) is 6. The second-order valence-electron chi connectivity index (χ2n) is 8.52. The standard InChI is InChI=1S/C26H31N5O2S/c1-18(2)13-19-5-7-20(8-6-19)16-27-26(34)31-11-9-30(10-12-31)25-21-14-23(32-3)24(33-4)15-22(21)28-17-29-25/h5-8,13-15,17H,9-12,16H2,1-4H3,(H,27,34). The Morgan fingerprint density at radius 3 is 2.32 bits per heavy atom. The molecule has 8 heteroatoms. The molecule has 1 saturated heterocycles. The number of thiocarbonyl (C=S) groups is 1. The number of methoxy groups -OCH3 is 2. The van der Waals surface area contributed by atoms with Gasteiger partial charge in [0.2, 0.25) is 0 Å². The van der Waals surface area contributed by atoms with Gasteiger partial charge in [0, 0.05) is 44.2 Å². The molecule has 1 N–H and O–H groups in total. The number of anilines is 1. The maximum absolute atomic E-state index is 5.68. The van der Waals surface area contributed by atoms with E-state index in [1.807, 2.05) is 12.1 Å². The van der Waals surface area contributed by atoms with Gasteiger partial charge in [-0.3, -0.25) is 0 Å². The van der Waals surface area contributed by atoms with Crippen LogP contribution >= 0.6 is 12.2 Å². The highest BCUT2D eigenvalue weighted by Crippen LogP contribution is 2.34. The molecule has 3 aromatic rings. The highest BCUT2D eigenvalue weighted by molar-refractivity contribution is 7.80. The predicted octanol–water partition coefficient (Wildman–Crippen LogP) is 4.27. The van der Waals surface area contributed by atoms with Crippen molar-refractivity contribution in [3.05, 3.63) is 59.4 Å². The van der Waals surface area contributed by atoms with Crippen molar-refractivity contribution < 1.29 is 9.47 Å². The van der Waals surface area contributed by atoms with Crippen LogP contribution in [0.25, 0.3) is 17.0 Å². The van der Waals surface area contributed by atoms with E-state index >= 15 is 0 Å². The van der Waals surface area contributed by atoms with Crippen LogP contribution in [-0.2, 0) is 6.54 Å². The van der Waals surface area contributed by atoms with Crippen LogP contribution in [0.3, 0.4) is 0 Å². The fourth-order valence-electron chi connectivity index (χ4n) is 4.10. The maximum Gasteiger partial charge on any atom is 0.169 e. The fraction of sp³-hybridized carbons (Fsp3) is 0.346. The number of nitrogens with one attached hydrogen (secondary N) is 1. The number of benzene rings is 2. The van der Waals surface area contributed by atoms with Crippen LogP contribution in [0.5, 0.6) is 11.5 Å². The number of rotatable bonds is 6. The van der Waals surface area contributed by atoms with Crippen LogP contribution in [0, 0.1) is 0 Å². The van der Waals surface area contributed by atoms with Gasteiger partial charge in [-0.05, 0) is 43.3 Å². The summed E-state index contributed by atoms with van der Waals surface area (Å²) < 4.78 is 10.9. The summed E-state index contributed by atoms with van der Waals surface area (Å²) in [5, 5.41) is 5.14. The van der Waals surface area contributed by atoms with E-state index < -0.39 is 0 Å². The van der Waals surface area contributed by atoms with Crippen LogP contribution < -0.4 is 19.7 Å². The first-order valence-corrected chi connectivity index (χ1v) is 11.8. The zero-order valence-electron chi connectivity index (χ0n) is 20.2. The Bertz CT molecular complexity index is 1180. The summed E-state index contributed by atoms with van der Waals surface area (Å²) in [5.74, 6) is 2.23. The lowest BCUT2D eigenvalue weighted by Crippen LogP contribution is -2.51. The Morgan fingerprint density at radius 1 is 1.00 bits per heavy atom. The van der Waals surface area contributed by atoms with Crippen LogP contribution in [0.15, 0.2) is 48.3 Å². The SMILES string of the molecule is COc1cc2ncnc(N3CCN(C(=S)NCc4ccc(C=C(C)C)cc4)CC3)c2cc1OC. The van der Waals surface area contributed by atoms with Crippen LogP contribution in [0.1, 0.15) is 25.0 Å². The molecule has 1 aliphatic heterocycles. The summed E-state index contributed by atoms with van der Waals surface area (Å²) in [6.45, 7) is 8.21. The smallest absolute Gasteiger partial charge is 0.169 e. The molecular weight excluding hydrogens is 446 g/mol. The molecular formula is C26H31N5O2S. The number of ether oxygens (including phenoxy) is 2. The molecule has 34 heavy (non-hydrogen) atoms. The molecule has 0 atom stereocenters. The maximum atomic E-state index is 5.68. The second-order valence-corrected chi connectivity index (χ2v) is 8.90. The van der Waals surface area contributed by atoms with Crippen molar-refractivity contribution in [1.29, 1.82) is 0 Å². The number of hydrogen-bond donors (Lipinski definition) is 1. The lowest BCUT2D eigenvalue weighted by Gasteiger charge is -2.37. The van der Waals surface area contributed by atoms with Gasteiger partial charge in [0.25, 0.3) is 0 Å². The lowest BCUT2D eigenvalue weighted by molar-refractivity contribution is 0.355. The van der Waals surface area contributed by atoms with Gasteiger partial charge in [0.1, 0.15) is 12.1 Å². The molecule has 0 bridgehead atoms. The minimum atomic E-state index is 0.660. The van der Waals surface area contributed by atoms with Crippen molar-refractivity contribution in [3.63, 3.8) is 0 Å². The van der Waals surface area contributed by atoms with E-state index in [1.165, 1.54) is 16.7 Å². The molecule has 0 saturated carbocycles. The number of piperazine rings is 1. The van der Waals surface area contributed by atoms with Gasteiger partial charge in [0.15, 0.2) is 16.6 Å². The van der Waals surface area contributed by atoms with E-state index in [2.05, 4.69) is 69.3 Å². The van der Waals surface area contributed by atoms with Crippen molar-refractivity contribution in [2.75, 3.05) is 45.3 Å². The van der Waals surface area contributed by atoms with E-state index in [0.717, 1.165) is 48.0 Å². The minimum Gasteiger partial charge on any atom is -0.493 e. The molecule has 2 aromatic carbocycles. The lowest BCUT2D eigenvalue weighted by atomic mass is 10.1. The summed E-state index contributed by atoms with van der Waals surface area (Å²) in [6.07, 6.45) is 3.78. The molecule has 0 amide bonds. The molecule has 0 radical (unpaired) electrons. The number of aromatic nitrogens is 2. The normalized spacial score (nSPS) is 13.5. The van der Waals surface area contributed by atoms with E-state index in [-0.39, 0.29) is 0 Å². The first kappa shape index (κ1) is 23.8. The molecule has 7 nitrogen and oxygen atoms in total. The average Bonchev–Trinajstić information content (AvgIpc) is 2.86. The molecule has 0 spiro atoms. The second kappa shape index (κ2) is 10.7. The summed E-state index contributed by atoms with van der Waals surface area (Å²) >= 11 is 5.68. The van der Waals surface area contributed by atoms with E-state index in [1.54, 1.807) is 20.5 Å². The van der Waals surface area contributed by atoms with Crippen molar-refractivity contribution in [1.82, 2.24) is 20.2 Å². The Morgan fingerprint density at radius 2 is 1.68 bits per heavy atom. The van der Waals surface area contributed by atoms with E-state index in [9.17, 15) is 0 Å². The average molecular weight is 478 g/mol. The van der Waals surface area contributed by atoms with Gasteiger partial charge in [-0.1, -0.05) is 35.9 Å². The summed E-state index contributed by atoms with van der Waals surface area (Å²) in [5.41, 5.74) is 4.55. The number of fused-ring (bicyclic) bond motifs is 1. The highest BCUT2D eigenvalue weighted by atomic mass is 32.1. The Kier molecular flexibility index (Phi) is 7.47. The third-order valence-electron chi connectivity index (χ3n) is 5.86. The first-order valence-electron chi connectivity index (χ1n) is 11.4. The zero-order chi connectivity index (χ0) is 24.1. The Labute approximate surface area is 206 Å². The monoisotopic (exact) mass is 477 g/mol. The van der Waals surface area contributed by atoms with Gasteiger partial charge < -0.3 is 24.6 Å². The molecule has 1 aromatic heterocycles. The van der Waals surface area contributed by atoms with Crippen molar-refractivity contribution in [3.8, 4) is 11.5 Å². The highest BCUT2D eigenvalue weighted by Gasteiger charge is 2.22.